The quantitative estimate of drug-likeness (QED) is 0.721. The predicted octanol–water partition coefficient (Wildman–Crippen LogP) is 2.63. The van der Waals surface area contributed by atoms with Crippen molar-refractivity contribution in [3.8, 4) is 0 Å². The van der Waals surface area contributed by atoms with E-state index in [1.807, 2.05) is 32.7 Å². The van der Waals surface area contributed by atoms with Crippen LogP contribution in [0.1, 0.15) is 34.1 Å². The summed E-state index contributed by atoms with van der Waals surface area (Å²) in [5, 5.41) is 0. The van der Waals surface area contributed by atoms with Gasteiger partial charge in [-0.1, -0.05) is 27.7 Å². The largest absolute Gasteiger partial charge is 0.342 e. The molecule has 2 nitrogen and oxygen atoms in total. The molecule has 0 saturated carbocycles. The Balaban J connectivity index is 4.42. The minimum atomic E-state index is -0.263. The minimum absolute atomic E-state index is 0.235. The molecule has 0 aliphatic heterocycles. The maximum Gasteiger partial charge on any atom is 0.227 e. The molecule has 0 aliphatic rings. The van der Waals surface area contributed by atoms with Gasteiger partial charge in [0, 0.05) is 24.3 Å². The summed E-state index contributed by atoms with van der Waals surface area (Å²) >= 11 is 1.80. The molecule has 0 aliphatic carbocycles. The van der Waals surface area contributed by atoms with Gasteiger partial charge in [-0.15, -0.1) is 0 Å². The fourth-order valence-electron chi connectivity index (χ4n) is 1.39. The average molecular weight is 217 g/mol. The van der Waals surface area contributed by atoms with Crippen molar-refractivity contribution in [1.82, 2.24) is 4.90 Å². The van der Waals surface area contributed by atoms with Gasteiger partial charge in [0.25, 0.3) is 0 Å². The topological polar surface area (TPSA) is 20.3 Å². The van der Waals surface area contributed by atoms with Crippen LogP contribution in [-0.2, 0) is 4.79 Å². The van der Waals surface area contributed by atoms with Gasteiger partial charge in [0.15, 0.2) is 0 Å². The Morgan fingerprint density at radius 1 is 1.43 bits per heavy atom. The van der Waals surface area contributed by atoms with Crippen LogP contribution in [0.25, 0.3) is 0 Å². The molecule has 1 amide bonds. The molecule has 0 radical (unpaired) electrons. The lowest BCUT2D eigenvalue weighted by Crippen LogP contribution is -2.44. The normalized spacial score (nSPS) is 13.9. The van der Waals surface area contributed by atoms with E-state index in [9.17, 15) is 4.79 Å². The van der Waals surface area contributed by atoms with Crippen molar-refractivity contribution in [2.45, 2.75) is 40.2 Å². The molecule has 0 aromatic rings. The van der Waals surface area contributed by atoms with E-state index in [-0.39, 0.29) is 11.3 Å². The molecule has 0 rings (SSSR count). The summed E-state index contributed by atoms with van der Waals surface area (Å²) in [5.74, 6) is 1.26. The highest BCUT2D eigenvalue weighted by Gasteiger charge is 2.28. The molecular weight excluding hydrogens is 194 g/mol. The third-order valence-electron chi connectivity index (χ3n) is 2.34. The van der Waals surface area contributed by atoms with E-state index in [0.717, 1.165) is 12.2 Å². The van der Waals surface area contributed by atoms with Crippen LogP contribution in [-0.4, -0.2) is 35.9 Å². The first-order chi connectivity index (χ1) is 6.34. The fraction of sp³-hybridized carbons (Fsp3) is 0.909. The molecule has 0 aromatic heterocycles. The Kier molecular flexibility index (Phi) is 5.57. The number of rotatable bonds is 4. The zero-order valence-corrected chi connectivity index (χ0v) is 11.1. The molecule has 1 unspecified atom stereocenters. The summed E-state index contributed by atoms with van der Waals surface area (Å²) in [6, 6.07) is 0.372. The van der Waals surface area contributed by atoms with Crippen LogP contribution in [0.4, 0.5) is 0 Å². The van der Waals surface area contributed by atoms with E-state index >= 15 is 0 Å². The smallest absolute Gasteiger partial charge is 0.227 e. The van der Waals surface area contributed by atoms with E-state index in [0.29, 0.717) is 6.04 Å². The van der Waals surface area contributed by atoms with Gasteiger partial charge >= 0.3 is 0 Å². The Bertz CT molecular complexity index is 186. The van der Waals surface area contributed by atoms with Gasteiger partial charge in [-0.05, 0) is 12.7 Å². The van der Waals surface area contributed by atoms with Gasteiger partial charge in [0.05, 0.1) is 0 Å². The molecule has 0 aromatic carbocycles. The zero-order chi connectivity index (χ0) is 11.4. The number of hydrogen-bond acceptors (Lipinski definition) is 2. The molecule has 0 spiro atoms. The molecule has 0 heterocycles. The predicted molar refractivity (Wildman–Crippen MR) is 64.7 cm³/mol. The van der Waals surface area contributed by atoms with E-state index in [1.165, 1.54) is 0 Å². The third kappa shape index (κ3) is 3.91. The summed E-state index contributed by atoms with van der Waals surface area (Å²) < 4.78 is 0. The number of nitrogens with zero attached hydrogens (tertiary/aromatic N) is 1. The number of carbonyl (C=O) groups is 1. The first-order valence-electron chi connectivity index (χ1n) is 5.10. The highest BCUT2D eigenvalue weighted by Crippen LogP contribution is 2.20. The van der Waals surface area contributed by atoms with Crippen molar-refractivity contribution in [3.63, 3.8) is 0 Å². The first kappa shape index (κ1) is 13.8. The van der Waals surface area contributed by atoms with E-state index < -0.39 is 0 Å². The van der Waals surface area contributed by atoms with Gasteiger partial charge in [-0.25, -0.2) is 0 Å². The summed E-state index contributed by atoms with van der Waals surface area (Å²) in [4.78, 5) is 13.9. The van der Waals surface area contributed by atoms with Crippen molar-refractivity contribution >= 4 is 17.7 Å². The van der Waals surface area contributed by atoms with Crippen molar-refractivity contribution < 1.29 is 4.79 Å². The molecule has 84 valence electrons. The molecule has 0 saturated heterocycles. The van der Waals surface area contributed by atoms with Gasteiger partial charge in [-0.3, -0.25) is 4.79 Å². The lowest BCUT2D eigenvalue weighted by Gasteiger charge is -2.32. The highest BCUT2D eigenvalue weighted by atomic mass is 32.2. The van der Waals surface area contributed by atoms with E-state index in [2.05, 4.69) is 13.2 Å². The highest BCUT2D eigenvalue weighted by molar-refractivity contribution is 7.98. The van der Waals surface area contributed by atoms with Crippen LogP contribution >= 0.6 is 11.8 Å². The lowest BCUT2D eigenvalue weighted by atomic mass is 9.94. The van der Waals surface area contributed by atoms with Crippen LogP contribution in [0.15, 0.2) is 0 Å². The second-order valence-electron chi connectivity index (χ2n) is 4.68. The maximum atomic E-state index is 12.0. The van der Waals surface area contributed by atoms with Gasteiger partial charge in [0.2, 0.25) is 5.91 Å². The summed E-state index contributed by atoms with van der Waals surface area (Å²) in [7, 11) is 1.91. The molecule has 3 heteroatoms. The van der Waals surface area contributed by atoms with Crippen molar-refractivity contribution in [3.05, 3.63) is 0 Å². The van der Waals surface area contributed by atoms with Gasteiger partial charge in [0.1, 0.15) is 0 Å². The van der Waals surface area contributed by atoms with Crippen LogP contribution < -0.4 is 0 Å². The van der Waals surface area contributed by atoms with Gasteiger partial charge < -0.3 is 4.90 Å². The second-order valence-corrected chi connectivity index (χ2v) is 5.59. The SMILES string of the molecule is CCC(CSC)N(C)C(=O)C(C)(C)C. The van der Waals surface area contributed by atoms with E-state index in [4.69, 9.17) is 0 Å². The lowest BCUT2D eigenvalue weighted by molar-refractivity contribution is -0.139. The summed E-state index contributed by atoms with van der Waals surface area (Å²) in [5.41, 5.74) is -0.263. The molecular formula is C11H23NOS. The zero-order valence-electron chi connectivity index (χ0n) is 10.3. The summed E-state index contributed by atoms with van der Waals surface area (Å²) in [6.07, 6.45) is 3.11. The Hall–Kier alpha value is -0.180. The van der Waals surface area contributed by atoms with Crippen LogP contribution in [0.2, 0.25) is 0 Å². The van der Waals surface area contributed by atoms with E-state index in [1.54, 1.807) is 11.8 Å². The average Bonchev–Trinajstić information content (AvgIpc) is 2.10. The molecule has 1 atom stereocenters. The molecule has 14 heavy (non-hydrogen) atoms. The maximum absolute atomic E-state index is 12.0. The second kappa shape index (κ2) is 5.64. The Morgan fingerprint density at radius 3 is 2.21 bits per heavy atom. The van der Waals surface area contributed by atoms with Crippen LogP contribution in [0.3, 0.4) is 0 Å². The van der Waals surface area contributed by atoms with Crippen molar-refractivity contribution in [2.75, 3.05) is 19.1 Å². The molecule has 0 N–H and O–H groups in total. The number of hydrogen-bond donors (Lipinski definition) is 0. The van der Waals surface area contributed by atoms with Gasteiger partial charge in [-0.2, -0.15) is 11.8 Å². The number of amides is 1. The monoisotopic (exact) mass is 217 g/mol. The Labute approximate surface area is 92.4 Å². The minimum Gasteiger partial charge on any atom is -0.342 e. The molecule has 0 bridgehead atoms. The van der Waals surface area contributed by atoms with Crippen LogP contribution in [0.5, 0.6) is 0 Å². The summed E-state index contributed by atoms with van der Waals surface area (Å²) in [6.45, 7) is 8.04. The number of thioether (sulfide) groups is 1. The fourth-order valence-corrected chi connectivity index (χ4v) is 2.23. The molecule has 0 fully saturated rings. The standard InChI is InChI=1S/C11H23NOS/c1-7-9(8-14-6)12(5)10(13)11(2,3)4/h9H,7-8H2,1-6H3. The first-order valence-corrected chi connectivity index (χ1v) is 6.50. The third-order valence-corrected chi connectivity index (χ3v) is 3.06. The van der Waals surface area contributed by atoms with Crippen molar-refractivity contribution in [1.29, 1.82) is 0 Å². The number of carbonyl (C=O) groups excluding carboxylic acids is 1. The van der Waals surface area contributed by atoms with Crippen molar-refractivity contribution in [2.24, 2.45) is 5.41 Å². The Morgan fingerprint density at radius 2 is 1.93 bits per heavy atom. The van der Waals surface area contributed by atoms with Crippen LogP contribution in [0, 0.1) is 5.41 Å².